The summed E-state index contributed by atoms with van der Waals surface area (Å²) in [7, 11) is -8.33. The summed E-state index contributed by atoms with van der Waals surface area (Å²) in [6.45, 7) is 3.92. The van der Waals surface area contributed by atoms with E-state index in [1.165, 1.54) is 45.0 Å². The summed E-state index contributed by atoms with van der Waals surface area (Å²) in [6.07, 6.45) is -4.23. The van der Waals surface area contributed by atoms with Crippen molar-refractivity contribution in [3.8, 4) is 23.0 Å². The number of aromatic nitrogens is 5. The predicted octanol–water partition coefficient (Wildman–Crippen LogP) is 7.27. The van der Waals surface area contributed by atoms with Crippen molar-refractivity contribution in [2.45, 2.75) is 102 Å². The number of alkyl halides is 6. The molecule has 0 fully saturated rings. The molecule has 0 saturated carbocycles. The number of rotatable bonds is 12. The number of benzene rings is 2. The van der Waals surface area contributed by atoms with Crippen LogP contribution in [0, 0.1) is 30.4 Å². The smallest absolute Gasteiger partial charge is 0.346 e. The summed E-state index contributed by atoms with van der Waals surface area (Å²) in [5.41, 5.74) is -4.30. The van der Waals surface area contributed by atoms with E-state index >= 15 is 4.39 Å². The highest BCUT2D eigenvalue weighted by molar-refractivity contribution is 7.93. The maximum Gasteiger partial charge on any atom is 0.408 e. The summed E-state index contributed by atoms with van der Waals surface area (Å²) in [4.78, 5) is 31.7. The quantitative estimate of drug-likeness (QED) is 0.1000. The Morgan fingerprint density at radius 1 is 0.939 bits per heavy atom. The maximum atomic E-state index is 15.9. The summed E-state index contributed by atoms with van der Waals surface area (Å²) < 4.78 is 169. The molecule has 23 heteroatoms. The number of fused-ring (bicyclic) bond motifs is 2. The van der Waals surface area contributed by atoms with Crippen LogP contribution in [0.25, 0.3) is 22.0 Å². The molecule has 1 aliphatic rings. The Morgan fingerprint density at radius 3 is 2.12 bits per heavy atom. The van der Waals surface area contributed by atoms with Gasteiger partial charge in [-0.05, 0) is 88.3 Å². The van der Waals surface area contributed by atoms with E-state index in [4.69, 9.17) is 0 Å². The number of anilines is 1. The van der Waals surface area contributed by atoms with Gasteiger partial charge in [0.15, 0.2) is 15.7 Å². The van der Waals surface area contributed by atoms with Gasteiger partial charge in [-0.1, -0.05) is 18.1 Å². The van der Waals surface area contributed by atoms with Gasteiger partial charge in [0.25, 0.3) is 5.92 Å². The third kappa shape index (κ3) is 10.2. The number of nitrogens with zero attached hydrogens (tertiary/aromatic N) is 6. The molecule has 2 unspecified atom stereocenters. The van der Waals surface area contributed by atoms with Crippen molar-refractivity contribution in [2.75, 3.05) is 16.8 Å². The minimum absolute atomic E-state index is 0.0863. The zero-order valence-corrected chi connectivity index (χ0v) is 38.3. The highest BCUT2D eigenvalue weighted by Crippen LogP contribution is 2.45. The molecule has 354 valence electrons. The first-order valence-electron chi connectivity index (χ1n) is 19.9. The Labute approximate surface area is 374 Å². The first-order chi connectivity index (χ1) is 30.2. The maximum absolute atomic E-state index is 15.9. The molecule has 1 N–H and O–H groups in total. The molecular formula is C43H43F8N7O6S2. The number of hydrogen-bond donors (Lipinski definition) is 1. The third-order valence-corrected chi connectivity index (χ3v) is 14.0. The molecule has 5 aromatic rings. The molecule has 0 spiro atoms. The highest BCUT2D eigenvalue weighted by Gasteiger charge is 2.45. The molecule has 0 radical (unpaired) electrons. The number of nitrogens with one attached hydrogen (secondary N) is 1. The fourth-order valence-electron chi connectivity index (χ4n) is 7.81. The van der Waals surface area contributed by atoms with Crippen LogP contribution >= 0.6 is 0 Å². The normalized spacial score (nSPS) is 16.2. The lowest BCUT2D eigenvalue weighted by molar-refractivity contribution is -0.141. The number of carbonyl (C=O) groups excluding carboxylic acids is 2. The van der Waals surface area contributed by atoms with E-state index < -0.39 is 103 Å². The van der Waals surface area contributed by atoms with Crippen LogP contribution in [0.1, 0.15) is 86.5 Å². The molecule has 0 aliphatic heterocycles. The van der Waals surface area contributed by atoms with Crippen molar-refractivity contribution in [3.05, 3.63) is 93.6 Å². The monoisotopic (exact) mass is 969 g/mol. The number of hydrogen-bond acceptors (Lipinski definition) is 9. The SMILES string of the molecule is CC(=O)N(c1nn(CC(F)(F)F)c2c(-c3ccc(C#CC(C)(C)S(C)(=O)=O)nc3C(Cc3cc(F)cc(F)c3)NC(=O)Cn3nc(C(C)(F)F)c4c3C(C)(F)CC4)ccc(C)c12)S(C)(=O)=O. The Bertz CT molecular complexity index is 3070. The Hall–Kier alpha value is -5.89. The van der Waals surface area contributed by atoms with Gasteiger partial charge in [0.05, 0.1) is 29.2 Å². The zero-order chi connectivity index (χ0) is 49.3. The van der Waals surface area contributed by atoms with Gasteiger partial charge in [-0.2, -0.15) is 36.5 Å². The summed E-state index contributed by atoms with van der Waals surface area (Å²) in [6, 6.07) is 6.11. The van der Waals surface area contributed by atoms with Crippen LogP contribution in [-0.4, -0.2) is 76.6 Å². The van der Waals surface area contributed by atoms with Gasteiger partial charge in [-0.25, -0.2) is 35.0 Å². The first kappa shape index (κ1) is 49.5. The molecule has 0 bridgehead atoms. The fraction of sp³-hybridized carbons (Fsp3) is 0.419. The van der Waals surface area contributed by atoms with E-state index in [9.17, 15) is 57.2 Å². The van der Waals surface area contributed by atoms with Crippen LogP contribution in [-0.2, 0) is 67.0 Å². The van der Waals surface area contributed by atoms with E-state index in [1.807, 2.05) is 0 Å². The van der Waals surface area contributed by atoms with Gasteiger partial charge in [0, 0.05) is 48.2 Å². The lowest BCUT2D eigenvalue weighted by atomic mass is 9.92. The highest BCUT2D eigenvalue weighted by atomic mass is 32.2. The number of amides is 2. The Kier molecular flexibility index (Phi) is 12.8. The fourth-order valence-corrected chi connectivity index (χ4v) is 8.95. The Morgan fingerprint density at radius 2 is 1.56 bits per heavy atom. The van der Waals surface area contributed by atoms with Crippen molar-refractivity contribution >= 4 is 48.4 Å². The largest absolute Gasteiger partial charge is 0.408 e. The second-order valence-corrected chi connectivity index (χ2v) is 21.4. The van der Waals surface area contributed by atoms with Crippen molar-refractivity contribution in [1.29, 1.82) is 0 Å². The van der Waals surface area contributed by atoms with Gasteiger partial charge in [0.2, 0.25) is 21.8 Å². The van der Waals surface area contributed by atoms with E-state index in [0.717, 1.165) is 36.9 Å². The predicted molar refractivity (Wildman–Crippen MR) is 227 cm³/mol. The summed E-state index contributed by atoms with van der Waals surface area (Å²) >= 11 is 0. The van der Waals surface area contributed by atoms with Gasteiger partial charge >= 0.3 is 6.18 Å². The minimum atomic E-state index is -4.99. The van der Waals surface area contributed by atoms with Crippen LogP contribution < -0.4 is 9.62 Å². The van der Waals surface area contributed by atoms with Gasteiger partial charge in [-0.15, -0.1) is 0 Å². The lowest BCUT2D eigenvalue weighted by Gasteiger charge is -2.23. The van der Waals surface area contributed by atoms with Crippen molar-refractivity contribution in [1.82, 2.24) is 29.9 Å². The minimum Gasteiger partial charge on any atom is -0.346 e. The third-order valence-electron chi connectivity index (χ3n) is 11.0. The zero-order valence-electron chi connectivity index (χ0n) is 36.6. The van der Waals surface area contributed by atoms with Crippen LogP contribution in [0.5, 0.6) is 0 Å². The first-order valence-corrected chi connectivity index (χ1v) is 23.7. The van der Waals surface area contributed by atoms with Crippen LogP contribution in [0.15, 0.2) is 42.5 Å². The number of sulfonamides is 1. The molecule has 2 amide bonds. The second-order valence-electron chi connectivity index (χ2n) is 17.0. The topological polar surface area (TPSA) is 166 Å². The summed E-state index contributed by atoms with van der Waals surface area (Å²) in [5.74, 6) is -3.17. The summed E-state index contributed by atoms with van der Waals surface area (Å²) in [5, 5.41) is 10.3. The number of pyridine rings is 1. The molecule has 2 atom stereocenters. The molecule has 13 nitrogen and oxygen atoms in total. The second kappa shape index (κ2) is 17.1. The molecular weight excluding hydrogens is 927 g/mol. The van der Waals surface area contributed by atoms with Crippen LogP contribution in [0.2, 0.25) is 0 Å². The van der Waals surface area contributed by atoms with Gasteiger partial charge < -0.3 is 5.32 Å². The van der Waals surface area contributed by atoms with Crippen molar-refractivity contribution < 1.29 is 61.5 Å². The van der Waals surface area contributed by atoms with Crippen LogP contribution in [0.4, 0.5) is 40.9 Å². The van der Waals surface area contributed by atoms with Crippen molar-refractivity contribution in [3.63, 3.8) is 0 Å². The number of aryl methyl sites for hydroxylation is 1. The molecule has 0 saturated heterocycles. The molecule has 6 rings (SSSR count). The molecule has 3 aromatic heterocycles. The van der Waals surface area contributed by atoms with E-state index in [-0.39, 0.29) is 72.9 Å². The standard InChI is InChI=1S/C43H43F8N7O6S2/c1-23-9-11-30(36-34(23)39(55-57(36)22-43(49,50)51)58(24(2)59)66(8,63)64)29-12-10-28(13-15-40(3,4)65(7,61)62)52-35(29)32(19-25-17-26(44)20-27(45)18-25)53-33(60)21-56-38-31(14-16-41(38,5)46)37(54-56)42(6,47)48/h9-12,17-18,20,32H,14,16,19,21-22H2,1-8H3,(H,53,60). The molecule has 3 heterocycles. The molecule has 66 heavy (non-hydrogen) atoms. The average molecular weight is 970 g/mol. The lowest BCUT2D eigenvalue weighted by Crippen LogP contribution is -2.35. The van der Waals surface area contributed by atoms with E-state index in [2.05, 4.69) is 32.3 Å². The molecule has 2 aromatic carbocycles. The number of carbonyl (C=O) groups is 2. The van der Waals surface area contributed by atoms with E-state index in [1.54, 1.807) is 0 Å². The van der Waals surface area contributed by atoms with Crippen molar-refractivity contribution in [2.24, 2.45) is 0 Å². The van der Waals surface area contributed by atoms with E-state index in [0.29, 0.717) is 23.9 Å². The molecule has 1 aliphatic carbocycles. The number of halogens is 8. The van der Waals surface area contributed by atoms with Gasteiger partial charge in [0.1, 0.15) is 46.5 Å². The number of sulfone groups is 1. The van der Waals surface area contributed by atoms with Gasteiger partial charge in [-0.3, -0.25) is 19.0 Å². The average Bonchev–Trinajstić information content (AvgIpc) is 3.80. The van der Waals surface area contributed by atoms with Crippen LogP contribution in [0.3, 0.4) is 0 Å². The Balaban J connectivity index is 1.65.